The number of methoxy groups -OCH3 is 1. The van der Waals surface area contributed by atoms with Crippen molar-refractivity contribution < 1.29 is 9.53 Å². The number of rotatable bonds is 3. The molecule has 2 unspecified atom stereocenters. The van der Waals surface area contributed by atoms with Crippen LogP contribution in [0.3, 0.4) is 0 Å². The molecule has 2 rings (SSSR count). The number of likely N-dealkylation sites (tertiary alicyclic amines) is 1. The van der Waals surface area contributed by atoms with Crippen LogP contribution in [0.2, 0.25) is 0 Å². The summed E-state index contributed by atoms with van der Waals surface area (Å²) in [6, 6.07) is 5.57. The van der Waals surface area contributed by atoms with Crippen LogP contribution in [0.4, 0.5) is 0 Å². The smallest absolute Gasteiger partial charge is 0.255 e. The molecular formula is C14H19BrN2O2. The van der Waals surface area contributed by atoms with E-state index in [9.17, 15) is 4.79 Å². The number of halogens is 1. The van der Waals surface area contributed by atoms with Gasteiger partial charge in [0, 0.05) is 23.6 Å². The molecule has 2 N–H and O–H groups in total. The summed E-state index contributed by atoms with van der Waals surface area (Å²) in [6.45, 7) is 3.51. The number of carbonyl (C=O) groups is 1. The van der Waals surface area contributed by atoms with Crippen LogP contribution in [0.25, 0.3) is 0 Å². The quantitative estimate of drug-likeness (QED) is 0.927. The average Bonchev–Trinajstić information content (AvgIpc) is 2.88. The molecular weight excluding hydrogens is 308 g/mol. The average molecular weight is 327 g/mol. The Kier molecular flexibility index (Phi) is 4.47. The molecule has 5 heteroatoms. The number of nitrogens with two attached hydrogens (primary N) is 1. The van der Waals surface area contributed by atoms with Gasteiger partial charge in [0.2, 0.25) is 0 Å². The first-order chi connectivity index (χ1) is 9.02. The molecule has 0 aromatic heterocycles. The molecule has 2 atom stereocenters. The molecule has 19 heavy (non-hydrogen) atoms. The Morgan fingerprint density at radius 2 is 2.32 bits per heavy atom. The van der Waals surface area contributed by atoms with E-state index in [-0.39, 0.29) is 11.9 Å². The Labute approximate surface area is 122 Å². The molecule has 1 aliphatic heterocycles. The number of ether oxygens (including phenoxy) is 1. The fourth-order valence-electron chi connectivity index (χ4n) is 2.37. The first-order valence-corrected chi connectivity index (χ1v) is 7.20. The number of nitrogens with zero attached hydrogens (tertiary/aromatic N) is 1. The number of hydrogen-bond acceptors (Lipinski definition) is 3. The summed E-state index contributed by atoms with van der Waals surface area (Å²) in [4.78, 5) is 14.4. The van der Waals surface area contributed by atoms with Crippen LogP contribution in [0, 0.1) is 5.92 Å². The zero-order valence-electron chi connectivity index (χ0n) is 11.2. The highest BCUT2D eigenvalue weighted by molar-refractivity contribution is 9.10. The largest absolute Gasteiger partial charge is 0.497 e. The minimum Gasteiger partial charge on any atom is -0.497 e. The predicted molar refractivity (Wildman–Crippen MR) is 78.4 cm³/mol. The predicted octanol–water partition coefficient (Wildman–Crippen LogP) is 2.27. The maximum absolute atomic E-state index is 12.5. The van der Waals surface area contributed by atoms with Crippen molar-refractivity contribution in [2.75, 3.05) is 20.2 Å². The van der Waals surface area contributed by atoms with Gasteiger partial charge in [0.05, 0.1) is 12.7 Å². The highest BCUT2D eigenvalue weighted by atomic mass is 79.9. The van der Waals surface area contributed by atoms with Crippen LogP contribution in [-0.4, -0.2) is 37.0 Å². The molecule has 1 fully saturated rings. The van der Waals surface area contributed by atoms with E-state index in [1.165, 1.54) is 0 Å². The third-order valence-corrected chi connectivity index (χ3v) is 4.35. The van der Waals surface area contributed by atoms with Crippen molar-refractivity contribution in [3.8, 4) is 5.75 Å². The van der Waals surface area contributed by atoms with Gasteiger partial charge in [0.1, 0.15) is 5.75 Å². The van der Waals surface area contributed by atoms with Crippen molar-refractivity contribution in [3.05, 3.63) is 28.2 Å². The van der Waals surface area contributed by atoms with E-state index >= 15 is 0 Å². The fraction of sp³-hybridized carbons (Fsp3) is 0.500. The summed E-state index contributed by atoms with van der Waals surface area (Å²) in [5.74, 6) is 1.12. The van der Waals surface area contributed by atoms with Crippen LogP contribution in [0.15, 0.2) is 22.7 Å². The first kappa shape index (κ1) is 14.3. The summed E-state index contributed by atoms with van der Waals surface area (Å²) in [6.07, 6.45) is 0.977. The summed E-state index contributed by atoms with van der Waals surface area (Å²) in [5, 5.41) is 0. The Morgan fingerprint density at radius 3 is 2.89 bits per heavy atom. The summed E-state index contributed by atoms with van der Waals surface area (Å²) >= 11 is 3.42. The van der Waals surface area contributed by atoms with Crippen LogP contribution >= 0.6 is 15.9 Å². The van der Waals surface area contributed by atoms with Gasteiger partial charge >= 0.3 is 0 Å². The van der Waals surface area contributed by atoms with E-state index in [1.54, 1.807) is 13.2 Å². The van der Waals surface area contributed by atoms with Crippen molar-refractivity contribution in [3.63, 3.8) is 0 Å². The molecule has 0 spiro atoms. The van der Waals surface area contributed by atoms with Gasteiger partial charge in [-0.2, -0.15) is 0 Å². The lowest BCUT2D eigenvalue weighted by molar-refractivity contribution is 0.0784. The van der Waals surface area contributed by atoms with Gasteiger partial charge in [-0.25, -0.2) is 0 Å². The Balaban J connectivity index is 2.16. The Bertz CT molecular complexity index is 477. The van der Waals surface area contributed by atoms with Gasteiger partial charge < -0.3 is 15.4 Å². The molecule has 0 bridgehead atoms. The van der Waals surface area contributed by atoms with Crippen LogP contribution in [0.5, 0.6) is 5.75 Å². The molecule has 1 saturated heterocycles. The monoisotopic (exact) mass is 326 g/mol. The number of benzene rings is 1. The zero-order chi connectivity index (χ0) is 14.0. The van der Waals surface area contributed by atoms with Crippen molar-refractivity contribution in [2.24, 2.45) is 11.7 Å². The Hall–Kier alpha value is -1.07. The second-order valence-electron chi connectivity index (χ2n) is 5.00. The van der Waals surface area contributed by atoms with Crippen molar-refractivity contribution >= 4 is 21.8 Å². The molecule has 0 saturated carbocycles. The second kappa shape index (κ2) is 5.92. The van der Waals surface area contributed by atoms with Crippen molar-refractivity contribution in [2.45, 2.75) is 19.4 Å². The molecule has 1 aromatic rings. The summed E-state index contributed by atoms with van der Waals surface area (Å²) in [5.41, 5.74) is 6.55. The third-order valence-electron chi connectivity index (χ3n) is 3.66. The second-order valence-corrected chi connectivity index (χ2v) is 5.86. The minimum absolute atomic E-state index is 0.0360. The molecule has 1 aromatic carbocycles. The number of carbonyl (C=O) groups excluding carboxylic acids is 1. The molecule has 4 nitrogen and oxygen atoms in total. The van der Waals surface area contributed by atoms with E-state index < -0.39 is 0 Å². The van der Waals surface area contributed by atoms with Gasteiger partial charge in [0.15, 0.2) is 0 Å². The minimum atomic E-state index is 0.0360. The van der Waals surface area contributed by atoms with Crippen molar-refractivity contribution in [1.82, 2.24) is 4.90 Å². The summed E-state index contributed by atoms with van der Waals surface area (Å²) in [7, 11) is 1.60. The van der Waals surface area contributed by atoms with Gasteiger partial charge in [-0.05, 0) is 53.4 Å². The molecule has 1 amide bonds. The third kappa shape index (κ3) is 3.09. The highest BCUT2D eigenvalue weighted by Crippen LogP contribution is 2.27. The lowest BCUT2D eigenvalue weighted by atomic mass is 10.0. The maximum Gasteiger partial charge on any atom is 0.255 e. The maximum atomic E-state index is 12.5. The molecule has 1 aliphatic rings. The van der Waals surface area contributed by atoms with Crippen LogP contribution < -0.4 is 10.5 Å². The van der Waals surface area contributed by atoms with Crippen LogP contribution in [-0.2, 0) is 0 Å². The molecule has 104 valence electrons. The molecule has 0 aliphatic carbocycles. The van der Waals surface area contributed by atoms with Crippen LogP contribution in [0.1, 0.15) is 23.7 Å². The van der Waals surface area contributed by atoms with Crippen molar-refractivity contribution in [1.29, 1.82) is 0 Å². The zero-order valence-corrected chi connectivity index (χ0v) is 12.8. The van der Waals surface area contributed by atoms with E-state index in [1.807, 2.05) is 24.0 Å². The lowest BCUT2D eigenvalue weighted by Crippen LogP contribution is -2.33. The van der Waals surface area contributed by atoms with Gasteiger partial charge in [-0.1, -0.05) is 0 Å². The standard InChI is InChI=1S/C14H19BrN2O2/c1-9(16)10-5-6-17(8-10)14(18)12-7-11(19-2)3-4-13(12)15/h3-4,7,9-10H,5-6,8,16H2,1-2H3. The topological polar surface area (TPSA) is 55.6 Å². The SMILES string of the molecule is COc1ccc(Br)c(C(=O)N2CCC(C(C)N)C2)c1. The molecule has 0 radical (unpaired) electrons. The van der Waals surface area contributed by atoms with E-state index in [2.05, 4.69) is 15.9 Å². The van der Waals surface area contributed by atoms with E-state index in [4.69, 9.17) is 10.5 Å². The van der Waals surface area contributed by atoms with E-state index in [0.717, 1.165) is 24.0 Å². The Morgan fingerprint density at radius 1 is 1.58 bits per heavy atom. The lowest BCUT2D eigenvalue weighted by Gasteiger charge is -2.19. The van der Waals surface area contributed by atoms with Gasteiger partial charge in [-0.3, -0.25) is 4.79 Å². The first-order valence-electron chi connectivity index (χ1n) is 6.41. The van der Waals surface area contributed by atoms with Gasteiger partial charge in [0.25, 0.3) is 5.91 Å². The van der Waals surface area contributed by atoms with Gasteiger partial charge in [-0.15, -0.1) is 0 Å². The fourth-order valence-corrected chi connectivity index (χ4v) is 2.78. The highest BCUT2D eigenvalue weighted by Gasteiger charge is 2.29. The number of hydrogen-bond donors (Lipinski definition) is 1. The van der Waals surface area contributed by atoms with E-state index in [0.29, 0.717) is 17.2 Å². The summed E-state index contributed by atoms with van der Waals surface area (Å²) < 4.78 is 5.96. The number of amides is 1. The normalized spacial score (nSPS) is 20.4. The molecule has 1 heterocycles.